The number of aliphatic hydroxyl groups is 1. The molecule has 184 valence electrons. The number of rotatable bonds is 7. The minimum atomic E-state index is -0.681. The average Bonchev–Trinajstić information content (AvgIpc) is 3.42. The second kappa shape index (κ2) is 9.67. The number of ether oxygens (including phenoxy) is 1. The molecule has 3 unspecified atom stereocenters. The van der Waals surface area contributed by atoms with Crippen molar-refractivity contribution in [2.24, 2.45) is 0 Å². The first-order chi connectivity index (χ1) is 17.1. The van der Waals surface area contributed by atoms with Crippen LogP contribution in [-0.2, 0) is 0 Å². The molecule has 5 heterocycles. The minimum Gasteiger partial charge on any atom is -0.497 e. The van der Waals surface area contributed by atoms with E-state index in [9.17, 15) is 5.11 Å². The zero-order valence-electron chi connectivity index (χ0n) is 19.7. The van der Waals surface area contributed by atoms with Crippen molar-refractivity contribution < 1.29 is 9.84 Å². The van der Waals surface area contributed by atoms with Crippen LogP contribution in [0.5, 0.6) is 5.75 Å². The molecule has 2 aromatic rings. The van der Waals surface area contributed by atoms with Crippen LogP contribution in [0.4, 0.5) is 0 Å². The number of halogens is 1. The van der Waals surface area contributed by atoms with Crippen molar-refractivity contribution in [3.63, 3.8) is 0 Å². The molecule has 2 fully saturated rings. The van der Waals surface area contributed by atoms with Crippen LogP contribution in [0.15, 0.2) is 60.2 Å². The summed E-state index contributed by atoms with van der Waals surface area (Å²) in [6.45, 7) is 1.46. The third-order valence-corrected chi connectivity index (χ3v) is 8.69. The van der Waals surface area contributed by atoms with Crippen molar-refractivity contribution in [2.75, 3.05) is 20.2 Å². The molecule has 0 amide bonds. The smallest absolute Gasteiger partial charge is 0.119 e. The molecule has 7 nitrogen and oxygen atoms in total. The van der Waals surface area contributed by atoms with Crippen molar-refractivity contribution in [1.82, 2.24) is 24.2 Å². The lowest BCUT2D eigenvalue weighted by Gasteiger charge is -2.40. The van der Waals surface area contributed by atoms with Gasteiger partial charge in [0.2, 0.25) is 0 Å². The number of fused-ring (bicyclic) bond motifs is 4. The number of pyridine rings is 1. The van der Waals surface area contributed by atoms with Crippen LogP contribution in [0.2, 0.25) is 5.02 Å². The maximum absolute atomic E-state index is 11.4. The minimum absolute atomic E-state index is 0.479. The van der Waals surface area contributed by atoms with Gasteiger partial charge >= 0.3 is 0 Å². The summed E-state index contributed by atoms with van der Waals surface area (Å²) in [5.41, 5.74) is 4.05. The second-order valence-corrected chi connectivity index (χ2v) is 10.9. The van der Waals surface area contributed by atoms with E-state index in [1.165, 1.54) is 24.1 Å². The van der Waals surface area contributed by atoms with Crippen molar-refractivity contribution in [3.8, 4) is 5.75 Å². The lowest BCUT2D eigenvalue weighted by Crippen LogP contribution is -2.50. The van der Waals surface area contributed by atoms with Gasteiger partial charge in [-0.25, -0.2) is 0 Å². The Balaban J connectivity index is 1.12. The van der Waals surface area contributed by atoms with Gasteiger partial charge in [-0.3, -0.25) is 14.2 Å². The fourth-order valence-electron chi connectivity index (χ4n) is 5.92. The molecule has 0 radical (unpaired) electrons. The van der Waals surface area contributed by atoms with Gasteiger partial charge in [0, 0.05) is 60.8 Å². The number of nitrogens with zero attached hydrogens (tertiary/aromatic N) is 3. The van der Waals surface area contributed by atoms with Crippen LogP contribution in [0.1, 0.15) is 37.4 Å². The number of aromatic nitrogens is 1. The second-order valence-electron chi connectivity index (χ2n) is 9.69. The highest BCUT2D eigenvalue weighted by molar-refractivity contribution is 7.95. The largest absolute Gasteiger partial charge is 0.497 e. The fraction of sp³-hybridized carbons (Fsp3) is 0.423. The van der Waals surface area contributed by atoms with Crippen LogP contribution < -0.4 is 14.8 Å². The highest BCUT2D eigenvalue weighted by Gasteiger charge is 2.41. The topological polar surface area (TPSA) is 72.9 Å². The van der Waals surface area contributed by atoms with Crippen LogP contribution >= 0.6 is 23.7 Å². The SMILES string of the molecule is COc1ccc2ncc(Cl)c(C(O)CN3C4CCC3CC(NCC3=CC5=CNSN5C=C3)C4)c2c1. The molecule has 0 spiro atoms. The van der Waals surface area contributed by atoms with Crippen molar-refractivity contribution in [2.45, 2.75) is 49.9 Å². The van der Waals surface area contributed by atoms with E-state index >= 15 is 0 Å². The molecule has 4 aliphatic heterocycles. The number of methoxy groups -OCH3 is 1. The first kappa shape index (κ1) is 23.2. The maximum atomic E-state index is 11.4. The summed E-state index contributed by atoms with van der Waals surface area (Å²) in [6, 6.07) is 7.16. The van der Waals surface area contributed by atoms with Gasteiger partial charge in [-0.1, -0.05) is 11.6 Å². The van der Waals surface area contributed by atoms with Crippen LogP contribution in [0, 0.1) is 0 Å². The molecule has 2 saturated heterocycles. The van der Waals surface area contributed by atoms with Crippen molar-refractivity contribution >= 4 is 34.6 Å². The van der Waals surface area contributed by atoms with E-state index in [2.05, 4.69) is 42.6 Å². The van der Waals surface area contributed by atoms with E-state index in [1.807, 2.05) is 24.4 Å². The Kier molecular flexibility index (Phi) is 6.41. The van der Waals surface area contributed by atoms with Gasteiger partial charge in [0.25, 0.3) is 0 Å². The molecular weight excluding hydrogens is 482 g/mol. The molecule has 6 rings (SSSR count). The summed E-state index contributed by atoms with van der Waals surface area (Å²) >= 11 is 8.14. The fourth-order valence-corrected chi connectivity index (χ4v) is 6.81. The van der Waals surface area contributed by atoms with Gasteiger partial charge in [-0.2, -0.15) is 0 Å². The van der Waals surface area contributed by atoms with Crippen molar-refractivity contribution in [3.05, 3.63) is 70.8 Å². The van der Waals surface area contributed by atoms with E-state index in [1.54, 1.807) is 25.4 Å². The third-order valence-electron chi connectivity index (χ3n) is 7.63. The molecule has 2 bridgehead atoms. The number of allylic oxidation sites excluding steroid dienone is 1. The Morgan fingerprint density at radius 2 is 2.14 bits per heavy atom. The monoisotopic (exact) mass is 511 g/mol. The number of hydrogen-bond donors (Lipinski definition) is 3. The third kappa shape index (κ3) is 4.54. The zero-order chi connectivity index (χ0) is 23.9. The van der Waals surface area contributed by atoms with E-state index in [0.29, 0.717) is 29.7 Å². The van der Waals surface area contributed by atoms with Gasteiger partial charge in [0.05, 0.1) is 41.6 Å². The number of piperidine rings is 1. The molecule has 9 heteroatoms. The number of benzene rings is 1. The van der Waals surface area contributed by atoms with E-state index in [4.69, 9.17) is 16.3 Å². The lowest BCUT2D eigenvalue weighted by molar-refractivity contribution is 0.0529. The predicted molar refractivity (Wildman–Crippen MR) is 141 cm³/mol. The van der Waals surface area contributed by atoms with Gasteiger partial charge in [0.1, 0.15) is 5.75 Å². The molecule has 35 heavy (non-hydrogen) atoms. The van der Waals surface area contributed by atoms with Crippen LogP contribution in [-0.4, -0.2) is 57.6 Å². The van der Waals surface area contributed by atoms with E-state index in [-0.39, 0.29) is 0 Å². The van der Waals surface area contributed by atoms with Gasteiger partial charge in [-0.15, -0.1) is 0 Å². The highest BCUT2D eigenvalue weighted by atomic mass is 35.5. The molecule has 3 atom stereocenters. The molecule has 0 saturated carbocycles. The summed E-state index contributed by atoms with van der Waals surface area (Å²) in [5, 5.41) is 16.5. The molecule has 3 N–H and O–H groups in total. The van der Waals surface area contributed by atoms with E-state index < -0.39 is 6.10 Å². The standard InChI is InChI=1S/C26H30ClN5O2S/c1-34-21-4-5-24-22(11-21)26(23(27)14-29-24)25(33)15-31-18-2-3-19(31)10-17(9-18)28-12-16-6-7-32-20(8-16)13-30-35-32/h4-8,11,13-14,17-19,25,28,30,33H,2-3,9-10,12,15H2,1H3. The normalized spacial score (nSPS) is 26.4. The zero-order valence-corrected chi connectivity index (χ0v) is 21.2. The Hall–Kier alpha value is -2.23. The van der Waals surface area contributed by atoms with Gasteiger partial charge in [-0.05, 0) is 61.6 Å². The Labute approximate surface area is 215 Å². The van der Waals surface area contributed by atoms with Crippen LogP contribution in [0.3, 0.4) is 0 Å². The predicted octanol–water partition coefficient (Wildman–Crippen LogP) is 4.28. The summed E-state index contributed by atoms with van der Waals surface area (Å²) in [6.07, 6.45) is 14.1. The van der Waals surface area contributed by atoms with Gasteiger partial charge < -0.3 is 19.9 Å². The Morgan fingerprint density at radius 1 is 1.31 bits per heavy atom. The Morgan fingerprint density at radius 3 is 2.94 bits per heavy atom. The highest BCUT2D eigenvalue weighted by Crippen LogP contribution is 2.39. The molecule has 1 aromatic carbocycles. The summed E-state index contributed by atoms with van der Waals surface area (Å²) in [4.78, 5) is 6.94. The molecule has 4 aliphatic rings. The maximum Gasteiger partial charge on any atom is 0.119 e. The summed E-state index contributed by atoms with van der Waals surface area (Å²) in [7, 11) is 1.64. The summed E-state index contributed by atoms with van der Waals surface area (Å²) in [5.74, 6) is 0.733. The summed E-state index contributed by atoms with van der Waals surface area (Å²) < 4.78 is 10.7. The lowest BCUT2D eigenvalue weighted by atomic mass is 9.95. The molecular formula is C26H30ClN5O2S. The van der Waals surface area contributed by atoms with Gasteiger partial charge in [0.15, 0.2) is 0 Å². The quantitative estimate of drug-likeness (QED) is 0.476. The molecule has 1 aromatic heterocycles. The number of nitrogens with one attached hydrogen (secondary N) is 2. The van der Waals surface area contributed by atoms with Crippen molar-refractivity contribution in [1.29, 1.82) is 0 Å². The first-order valence-electron chi connectivity index (χ1n) is 12.2. The van der Waals surface area contributed by atoms with E-state index in [0.717, 1.165) is 41.6 Å². The number of aliphatic hydroxyl groups excluding tert-OH is 1. The Bertz CT molecular complexity index is 1200. The average molecular weight is 512 g/mol. The van der Waals surface area contributed by atoms with Crippen LogP contribution in [0.25, 0.3) is 10.9 Å². The first-order valence-corrected chi connectivity index (χ1v) is 13.3. The molecule has 0 aliphatic carbocycles. The number of hydrogen-bond acceptors (Lipinski definition) is 8.